The average molecular weight is 323 g/mol. The van der Waals surface area contributed by atoms with E-state index in [4.69, 9.17) is 4.74 Å². The summed E-state index contributed by atoms with van der Waals surface area (Å²) in [6.45, 7) is 5.44. The second-order valence-electron chi connectivity index (χ2n) is 6.09. The van der Waals surface area contributed by atoms with Crippen LogP contribution in [0.2, 0.25) is 0 Å². The maximum atomic E-state index is 11.5. The van der Waals surface area contributed by atoms with E-state index in [1.807, 2.05) is 0 Å². The Bertz CT molecular complexity index is 666. The van der Waals surface area contributed by atoms with Crippen LogP contribution in [0.3, 0.4) is 0 Å². The number of aromatic amines is 1. The fourth-order valence-corrected chi connectivity index (χ4v) is 1.98. The number of hydrogen-bond donors (Lipinski definition) is 4. The smallest absolute Gasteiger partial charge is 0.407 e. The number of aromatic nitrogens is 4. The van der Waals surface area contributed by atoms with Gasteiger partial charge in [0, 0.05) is 6.54 Å². The third-order valence-corrected chi connectivity index (χ3v) is 3.01. The molecule has 2 rings (SSSR count). The number of nitrogens with zero attached hydrogens (tertiary/aromatic N) is 3. The molecule has 0 aromatic carbocycles. The van der Waals surface area contributed by atoms with Crippen LogP contribution >= 0.6 is 0 Å². The molecular weight excluding hydrogens is 302 g/mol. The molecule has 1 amide bonds. The number of aliphatic hydroxyl groups is 2. The van der Waals surface area contributed by atoms with Crippen LogP contribution < -0.4 is 5.32 Å². The van der Waals surface area contributed by atoms with Crippen molar-refractivity contribution in [1.82, 2.24) is 25.3 Å². The SMILES string of the molecule is CC(C)(C)OC(=O)NCCC(O)C(O)c1ncnc2nc[nH]c12. The fourth-order valence-electron chi connectivity index (χ4n) is 1.98. The minimum Gasteiger partial charge on any atom is -0.444 e. The topological polar surface area (TPSA) is 133 Å². The second kappa shape index (κ2) is 6.88. The van der Waals surface area contributed by atoms with Crippen molar-refractivity contribution in [2.75, 3.05) is 6.54 Å². The highest BCUT2D eigenvalue weighted by molar-refractivity contribution is 5.72. The summed E-state index contributed by atoms with van der Waals surface area (Å²) in [6, 6.07) is 0. The van der Waals surface area contributed by atoms with E-state index in [9.17, 15) is 15.0 Å². The zero-order valence-corrected chi connectivity index (χ0v) is 13.3. The molecule has 0 saturated carbocycles. The Morgan fingerprint density at radius 2 is 2.09 bits per heavy atom. The molecule has 0 aliphatic carbocycles. The Morgan fingerprint density at radius 1 is 1.35 bits per heavy atom. The van der Waals surface area contributed by atoms with Crippen LogP contribution in [0.15, 0.2) is 12.7 Å². The lowest BCUT2D eigenvalue weighted by atomic mass is 10.1. The van der Waals surface area contributed by atoms with E-state index < -0.39 is 23.9 Å². The van der Waals surface area contributed by atoms with E-state index in [1.54, 1.807) is 20.8 Å². The molecule has 0 saturated heterocycles. The highest BCUT2D eigenvalue weighted by Gasteiger charge is 2.23. The molecule has 23 heavy (non-hydrogen) atoms. The van der Waals surface area contributed by atoms with Gasteiger partial charge in [0.2, 0.25) is 0 Å². The largest absolute Gasteiger partial charge is 0.444 e. The van der Waals surface area contributed by atoms with Gasteiger partial charge >= 0.3 is 6.09 Å². The van der Waals surface area contributed by atoms with Crippen molar-refractivity contribution < 1.29 is 19.7 Å². The zero-order chi connectivity index (χ0) is 17.0. The van der Waals surface area contributed by atoms with E-state index in [2.05, 4.69) is 25.3 Å². The summed E-state index contributed by atoms with van der Waals surface area (Å²) in [7, 11) is 0. The van der Waals surface area contributed by atoms with Crippen LogP contribution in [-0.4, -0.2) is 54.5 Å². The van der Waals surface area contributed by atoms with Gasteiger partial charge in [0.25, 0.3) is 0 Å². The summed E-state index contributed by atoms with van der Waals surface area (Å²) in [6.07, 6.45) is -0.0516. The number of nitrogens with one attached hydrogen (secondary N) is 2. The van der Waals surface area contributed by atoms with Crippen molar-refractivity contribution in [2.24, 2.45) is 0 Å². The summed E-state index contributed by atoms with van der Waals surface area (Å²) < 4.78 is 5.08. The van der Waals surface area contributed by atoms with Gasteiger partial charge in [0.05, 0.1) is 12.4 Å². The van der Waals surface area contributed by atoms with Crippen molar-refractivity contribution in [3.8, 4) is 0 Å². The van der Waals surface area contributed by atoms with Gasteiger partial charge in [0.1, 0.15) is 29.2 Å². The number of carbonyl (C=O) groups is 1. The lowest BCUT2D eigenvalue weighted by Gasteiger charge is -2.21. The van der Waals surface area contributed by atoms with Gasteiger partial charge in [-0.1, -0.05) is 0 Å². The van der Waals surface area contributed by atoms with E-state index >= 15 is 0 Å². The predicted octanol–water partition coefficient (Wildman–Crippen LogP) is 0.662. The molecule has 2 heterocycles. The van der Waals surface area contributed by atoms with Gasteiger partial charge in [-0.25, -0.2) is 19.7 Å². The number of ether oxygens (including phenoxy) is 1. The molecule has 2 aromatic heterocycles. The molecule has 0 fully saturated rings. The van der Waals surface area contributed by atoms with Crippen molar-refractivity contribution in [1.29, 1.82) is 0 Å². The van der Waals surface area contributed by atoms with E-state index in [-0.39, 0.29) is 18.7 Å². The van der Waals surface area contributed by atoms with Gasteiger partial charge in [0.15, 0.2) is 5.65 Å². The molecule has 2 aromatic rings. The van der Waals surface area contributed by atoms with Crippen LogP contribution in [0, 0.1) is 0 Å². The minimum absolute atomic E-state index is 0.139. The molecule has 4 N–H and O–H groups in total. The number of fused-ring (bicyclic) bond motifs is 1. The monoisotopic (exact) mass is 323 g/mol. The number of amides is 1. The Balaban J connectivity index is 1.89. The first-order valence-electron chi connectivity index (χ1n) is 7.25. The molecule has 2 atom stereocenters. The van der Waals surface area contributed by atoms with Crippen LogP contribution in [0.1, 0.15) is 39.0 Å². The molecule has 2 unspecified atom stereocenters. The minimum atomic E-state index is -1.22. The number of H-pyrrole nitrogens is 1. The second-order valence-corrected chi connectivity index (χ2v) is 6.09. The van der Waals surface area contributed by atoms with Gasteiger partial charge in [-0.2, -0.15) is 0 Å². The van der Waals surface area contributed by atoms with Gasteiger partial charge in [-0.15, -0.1) is 0 Å². The third-order valence-electron chi connectivity index (χ3n) is 3.01. The number of alkyl carbamates (subject to hydrolysis) is 1. The Labute approximate surface area is 133 Å². The average Bonchev–Trinajstić information content (AvgIpc) is 2.92. The first-order valence-corrected chi connectivity index (χ1v) is 7.25. The third kappa shape index (κ3) is 4.60. The predicted molar refractivity (Wildman–Crippen MR) is 81.5 cm³/mol. The Morgan fingerprint density at radius 3 is 2.78 bits per heavy atom. The summed E-state index contributed by atoms with van der Waals surface area (Å²) in [4.78, 5) is 26.2. The molecule has 9 heteroatoms. The van der Waals surface area contributed by atoms with Gasteiger partial charge in [-0.3, -0.25) is 0 Å². The lowest BCUT2D eigenvalue weighted by molar-refractivity contribution is 0.0107. The fraction of sp³-hybridized carbons (Fsp3) is 0.571. The van der Waals surface area contributed by atoms with E-state index in [0.29, 0.717) is 11.2 Å². The van der Waals surface area contributed by atoms with Crippen LogP contribution in [0.5, 0.6) is 0 Å². The molecule has 0 bridgehead atoms. The summed E-state index contributed by atoms with van der Waals surface area (Å²) in [5, 5.41) is 22.8. The normalized spacial score (nSPS) is 14.5. The Kier molecular flexibility index (Phi) is 5.12. The molecule has 0 spiro atoms. The van der Waals surface area contributed by atoms with Crippen molar-refractivity contribution in [3.05, 3.63) is 18.3 Å². The van der Waals surface area contributed by atoms with Crippen molar-refractivity contribution in [2.45, 2.75) is 45.0 Å². The molecule has 0 aliphatic rings. The van der Waals surface area contributed by atoms with Crippen LogP contribution in [-0.2, 0) is 4.74 Å². The van der Waals surface area contributed by atoms with Gasteiger partial charge in [-0.05, 0) is 27.2 Å². The summed E-state index contributed by atoms with van der Waals surface area (Å²) in [5.41, 5.74) is 0.555. The molecule has 126 valence electrons. The first kappa shape index (κ1) is 17.1. The van der Waals surface area contributed by atoms with Gasteiger partial charge < -0.3 is 25.3 Å². The van der Waals surface area contributed by atoms with Crippen molar-refractivity contribution in [3.63, 3.8) is 0 Å². The number of hydrogen-bond acceptors (Lipinski definition) is 7. The molecule has 0 aliphatic heterocycles. The maximum absolute atomic E-state index is 11.5. The maximum Gasteiger partial charge on any atom is 0.407 e. The number of aliphatic hydroxyl groups excluding tert-OH is 2. The van der Waals surface area contributed by atoms with E-state index in [0.717, 1.165) is 0 Å². The molecule has 0 radical (unpaired) electrons. The molecular formula is C14H21N5O4. The highest BCUT2D eigenvalue weighted by atomic mass is 16.6. The highest BCUT2D eigenvalue weighted by Crippen LogP contribution is 2.21. The quantitative estimate of drug-likeness (QED) is 0.635. The zero-order valence-electron chi connectivity index (χ0n) is 13.3. The van der Waals surface area contributed by atoms with Crippen LogP contribution in [0.25, 0.3) is 11.2 Å². The standard InChI is InChI=1S/C14H21N5O4/c1-14(2,3)23-13(22)15-5-4-8(20)11(21)9-10-12(18-6-16-9)19-7-17-10/h6-8,11,20-21H,4-5H2,1-3H3,(H,15,22)(H,16,17,18,19). The number of rotatable bonds is 5. The summed E-state index contributed by atoms with van der Waals surface area (Å²) >= 11 is 0. The van der Waals surface area contributed by atoms with E-state index in [1.165, 1.54) is 12.7 Å². The number of carbonyl (C=O) groups excluding carboxylic acids is 1. The number of imidazole rings is 1. The lowest BCUT2D eigenvalue weighted by Crippen LogP contribution is -2.34. The van der Waals surface area contributed by atoms with Crippen LogP contribution in [0.4, 0.5) is 4.79 Å². The van der Waals surface area contributed by atoms with Crippen molar-refractivity contribution >= 4 is 17.3 Å². The molecule has 9 nitrogen and oxygen atoms in total. The first-order chi connectivity index (χ1) is 10.8. The summed E-state index contributed by atoms with van der Waals surface area (Å²) in [5.74, 6) is 0. The Hall–Kier alpha value is -2.26.